The van der Waals surface area contributed by atoms with E-state index in [1.807, 2.05) is 36.4 Å². The van der Waals surface area contributed by atoms with Gasteiger partial charge in [-0.1, -0.05) is 30.4 Å². The van der Waals surface area contributed by atoms with Crippen molar-refractivity contribution in [2.24, 2.45) is 5.73 Å². The van der Waals surface area contributed by atoms with Crippen LogP contribution in [0.5, 0.6) is 0 Å². The lowest BCUT2D eigenvalue weighted by Crippen LogP contribution is -1.97. The van der Waals surface area contributed by atoms with E-state index in [0.29, 0.717) is 6.54 Å². The van der Waals surface area contributed by atoms with Gasteiger partial charge in [0.1, 0.15) is 12.7 Å². The molecule has 15 heavy (non-hydrogen) atoms. The first kappa shape index (κ1) is 9.61. The number of benzene rings is 1. The van der Waals surface area contributed by atoms with Crippen LogP contribution in [0.1, 0.15) is 5.56 Å². The lowest BCUT2D eigenvalue weighted by atomic mass is 10.1. The molecule has 0 atom stereocenters. The maximum absolute atomic E-state index is 5.42. The maximum atomic E-state index is 5.42. The van der Waals surface area contributed by atoms with Crippen LogP contribution in [0.3, 0.4) is 0 Å². The van der Waals surface area contributed by atoms with Crippen LogP contribution in [0.15, 0.2) is 43.0 Å². The fourth-order valence-corrected chi connectivity index (χ4v) is 1.36. The van der Waals surface area contributed by atoms with Gasteiger partial charge in [0.2, 0.25) is 0 Å². The van der Waals surface area contributed by atoms with E-state index in [1.165, 1.54) is 6.33 Å². The number of hydrogen-bond donors (Lipinski definition) is 1. The van der Waals surface area contributed by atoms with E-state index in [1.54, 1.807) is 11.0 Å². The van der Waals surface area contributed by atoms with Crippen LogP contribution in [0.4, 0.5) is 0 Å². The summed E-state index contributed by atoms with van der Waals surface area (Å²) < 4.78 is 1.73. The van der Waals surface area contributed by atoms with E-state index < -0.39 is 0 Å². The Hall–Kier alpha value is -1.94. The highest BCUT2D eigenvalue weighted by atomic mass is 15.3. The van der Waals surface area contributed by atoms with Crippen molar-refractivity contribution < 1.29 is 0 Å². The highest BCUT2D eigenvalue weighted by Crippen LogP contribution is 2.14. The van der Waals surface area contributed by atoms with Gasteiger partial charge in [0.15, 0.2) is 0 Å². The molecule has 0 saturated heterocycles. The molecule has 1 aromatic heterocycles. The number of aromatic nitrogens is 3. The highest BCUT2D eigenvalue weighted by Gasteiger charge is 2.00. The maximum Gasteiger partial charge on any atom is 0.138 e. The molecule has 2 rings (SSSR count). The third-order valence-corrected chi connectivity index (χ3v) is 2.04. The Morgan fingerprint density at radius 3 is 2.93 bits per heavy atom. The van der Waals surface area contributed by atoms with Crippen molar-refractivity contribution in [3.05, 3.63) is 48.6 Å². The van der Waals surface area contributed by atoms with Crippen LogP contribution in [0.25, 0.3) is 11.8 Å². The van der Waals surface area contributed by atoms with Gasteiger partial charge in [0.25, 0.3) is 0 Å². The van der Waals surface area contributed by atoms with E-state index >= 15 is 0 Å². The Bertz CT molecular complexity index is 445. The number of para-hydroxylation sites is 1. The van der Waals surface area contributed by atoms with Gasteiger partial charge in [0, 0.05) is 6.54 Å². The van der Waals surface area contributed by atoms with Crippen LogP contribution in [0.2, 0.25) is 0 Å². The van der Waals surface area contributed by atoms with Gasteiger partial charge in [-0.15, -0.1) is 0 Å². The Morgan fingerprint density at radius 1 is 1.33 bits per heavy atom. The van der Waals surface area contributed by atoms with E-state index in [2.05, 4.69) is 10.1 Å². The Balaban J connectivity index is 2.43. The summed E-state index contributed by atoms with van der Waals surface area (Å²) in [6.07, 6.45) is 7.09. The third kappa shape index (κ3) is 2.11. The zero-order valence-corrected chi connectivity index (χ0v) is 8.24. The molecule has 0 unspecified atom stereocenters. The number of rotatable bonds is 3. The average molecular weight is 200 g/mol. The molecule has 0 spiro atoms. The van der Waals surface area contributed by atoms with Gasteiger partial charge < -0.3 is 5.73 Å². The fourth-order valence-electron chi connectivity index (χ4n) is 1.36. The van der Waals surface area contributed by atoms with E-state index in [0.717, 1.165) is 11.3 Å². The molecule has 0 bridgehead atoms. The minimum atomic E-state index is 0.533. The van der Waals surface area contributed by atoms with Crippen LogP contribution in [0, 0.1) is 0 Å². The molecule has 1 aromatic carbocycles. The second kappa shape index (κ2) is 4.52. The molecular formula is C11H12N4. The average Bonchev–Trinajstić information content (AvgIpc) is 2.80. The Labute approximate surface area is 88.1 Å². The Kier molecular flexibility index (Phi) is 2.90. The van der Waals surface area contributed by atoms with Gasteiger partial charge in [-0.3, -0.25) is 0 Å². The molecule has 0 saturated carbocycles. The van der Waals surface area contributed by atoms with Gasteiger partial charge in [-0.05, 0) is 11.6 Å². The lowest BCUT2D eigenvalue weighted by Gasteiger charge is -2.04. The van der Waals surface area contributed by atoms with Crippen molar-refractivity contribution in [1.82, 2.24) is 14.8 Å². The van der Waals surface area contributed by atoms with Crippen molar-refractivity contribution in [3.63, 3.8) is 0 Å². The minimum Gasteiger partial charge on any atom is -0.327 e. The Morgan fingerprint density at radius 2 is 2.20 bits per heavy atom. The summed E-state index contributed by atoms with van der Waals surface area (Å²) >= 11 is 0. The number of nitrogens with zero attached hydrogens (tertiary/aromatic N) is 3. The van der Waals surface area contributed by atoms with Crippen LogP contribution in [-0.2, 0) is 0 Å². The molecule has 0 aliphatic rings. The molecule has 2 N–H and O–H groups in total. The van der Waals surface area contributed by atoms with Gasteiger partial charge >= 0.3 is 0 Å². The van der Waals surface area contributed by atoms with Crippen molar-refractivity contribution in [2.45, 2.75) is 0 Å². The molecule has 0 fully saturated rings. The topological polar surface area (TPSA) is 56.7 Å². The summed E-state index contributed by atoms with van der Waals surface area (Å²) in [5.74, 6) is 0. The molecule has 4 heteroatoms. The van der Waals surface area contributed by atoms with Gasteiger partial charge in [-0.25, -0.2) is 9.67 Å². The lowest BCUT2D eigenvalue weighted by molar-refractivity contribution is 0.877. The number of hydrogen-bond acceptors (Lipinski definition) is 3. The summed E-state index contributed by atoms with van der Waals surface area (Å²) in [7, 11) is 0. The van der Waals surface area contributed by atoms with Crippen LogP contribution >= 0.6 is 0 Å². The monoisotopic (exact) mass is 200 g/mol. The summed E-state index contributed by atoms with van der Waals surface area (Å²) in [6, 6.07) is 7.96. The van der Waals surface area contributed by atoms with Crippen molar-refractivity contribution >= 4 is 6.08 Å². The third-order valence-electron chi connectivity index (χ3n) is 2.04. The van der Waals surface area contributed by atoms with Crippen molar-refractivity contribution in [1.29, 1.82) is 0 Å². The van der Waals surface area contributed by atoms with Gasteiger partial charge in [-0.2, -0.15) is 5.10 Å². The second-order valence-corrected chi connectivity index (χ2v) is 3.04. The molecule has 0 aliphatic carbocycles. The first-order valence-corrected chi connectivity index (χ1v) is 4.72. The summed E-state index contributed by atoms with van der Waals surface area (Å²) in [5, 5.41) is 4.10. The zero-order valence-electron chi connectivity index (χ0n) is 8.24. The molecule has 76 valence electrons. The number of nitrogens with two attached hydrogens (primary N) is 1. The molecule has 0 aliphatic heterocycles. The predicted octanol–water partition coefficient (Wildman–Crippen LogP) is 1.24. The van der Waals surface area contributed by atoms with Crippen LogP contribution < -0.4 is 5.73 Å². The van der Waals surface area contributed by atoms with Crippen LogP contribution in [-0.4, -0.2) is 21.3 Å². The van der Waals surface area contributed by atoms with E-state index in [4.69, 9.17) is 5.73 Å². The normalized spacial score (nSPS) is 11.0. The van der Waals surface area contributed by atoms with E-state index in [9.17, 15) is 0 Å². The second-order valence-electron chi connectivity index (χ2n) is 3.04. The summed E-state index contributed by atoms with van der Waals surface area (Å²) in [5.41, 5.74) is 7.50. The van der Waals surface area contributed by atoms with Crippen molar-refractivity contribution in [2.75, 3.05) is 6.54 Å². The summed E-state index contributed by atoms with van der Waals surface area (Å²) in [6.45, 7) is 0.533. The first-order valence-electron chi connectivity index (χ1n) is 4.72. The molecule has 4 nitrogen and oxygen atoms in total. The predicted molar refractivity (Wildman–Crippen MR) is 59.4 cm³/mol. The minimum absolute atomic E-state index is 0.533. The van der Waals surface area contributed by atoms with Crippen molar-refractivity contribution in [3.8, 4) is 5.69 Å². The summed E-state index contributed by atoms with van der Waals surface area (Å²) in [4.78, 5) is 3.92. The fraction of sp³-hybridized carbons (Fsp3) is 0.0909. The first-order chi connectivity index (χ1) is 7.42. The molecule has 1 heterocycles. The molecular weight excluding hydrogens is 188 g/mol. The standard InChI is InChI=1S/C11H12N4/c12-7-3-5-10-4-1-2-6-11(10)15-9-13-8-14-15/h1-6,8-9H,7,12H2/b5-3+. The molecule has 2 aromatic rings. The molecule has 0 radical (unpaired) electrons. The molecule has 0 amide bonds. The van der Waals surface area contributed by atoms with E-state index in [-0.39, 0.29) is 0 Å². The zero-order chi connectivity index (χ0) is 10.5. The quantitative estimate of drug-likeness (QED) is 0.811. The smallest absolute Gasteiger partial charge is 0.138 e. The highest BCUT2D eigenvalue weighted by molar-refractivity contribution is 5.60. The largest absolute Gasteiger partial charge is 0.327 e. The van der Waals surface area contributed by atoms with Gasteiger partial charge in [0.05, 0.1) is 5.69 Å². The SMILES string of the molecule is NC/C=C/c1ccccc1-n1cncn1.